The van der Waals surface area contributed by atoms with Gasteiger partial charge < -0.3 is 4.74 Å². The first-order chi connectivity index (χ1) is 12.4. The van der Waals surface area contributed by atoms with Crippen LogP contribution >= 0.6 is 0 Å². The molecule has 0 N–H and O–H groups in total. The van der Waals surface area contributed by atoms with E-state index in [9.17, 15) is 9.59 Å². The first kappa shape index (κ1) is 18.4. The van der Waals surface area contributed by atoms with E-state index in [0.717, 1.165) is 36.9 Å². The fourth-order valence-electron chi connectivity index (χ4n) is 3.63. The van der Waals surface area contributed by atoms with E-state index < -0.39 is 0 Å². The monoisotopic (exact) mass is 354 g/mol. The van der Waals surface area contributed by atoms with Crippen molar-refractivity contribution in [3.8, 4) is 0 Å². The van der Waals surface area contributed by atoms with Crippen molar-refractivity contribution in [2.45, 2.75) is 59.1 Å². The lowest BCUT2D eigenvalue weighted by Crippen LogP contribution is -2.32. The Morgan fingerprint density at radius 2 is 1.88 bits per heavy atom. The highest BCUT2D eigenvalue weighted by Crippen LogP contribution is 2.41. The number of esters is 1. The molecule has 5 nitrogen and oxygen atoms in total. The van der Waals surface area contributed by atoms with E-state index in [1.54, 1.807) is 13.1 Å². The number of carbonyl (C=O) groups excluding carboxylic acids is 2. The van der Waals surface area contributed by atoms with Crippen molar-refractivity contribution < 1.29 is 14.3 Å². The number of hydrogen-bond acceptors (Lipinski definition) is 4. The zero-order chi connectivity index (χ0) is 18.7. The van der Waals surface area contributed by atoms with Gasteiger partial charge in [-0.15, -0.1) is 0 Å². The number of carbonyl (C=O) groups is 2. The predicted octanol–water partition coefficient (Wildman–Crippen LogP) is 4.26. The van der Waals surface area contributed by atoms with Crippen molar-refractivity contribution in [1.82, 2.24) is 9.78 Å². The molecule has 0 atom stereocenters. The van der Waals surface area contributed by atoms with Crippen LogP contribution in [0.15, 0.2) is 36.5 Å². The molecule has 0 radical (unpaired) electrons. The lowest BCUT2D eigenvalue weighted by atomic mass is 9.71. The lowest BCUT2D eigenvalue weighted by Gasteiger charge is -2.35. The molecule has 3 rings (SSSR count). The molecule has 26 heavy (non-hydrogen) atoms. The molecule has 2 aromatic rings. The molecule has 138 valence electrons. The Balaban J connectivity index is 1.65. The van der Waals surface area contributed by atoms with Gasteiger partial charge in [0.25, 0.3) is 0 Å². The van der Waals surface area contributed by atoms with E-state index in [1.165, 1.54) is 0 Å². The Labute approximate surface area is 154 Å². The van der Waals surface area contributed by atoms with Gasteiger partial charge in [0.2, 0.25) is 0 Å². The molecule has 1 aliphatic rings. The molecule has 1 heterocycles. The second kappa shape index (κ2) is 7.44. The zero-order valence-corrected chi connectivity index (χ0v) is 15.7. The number of ketones is 1. The summed E-state index contributed by atoms with van der Waals surface area (Å²) in [6, 6.07) is 9.86. The summed E-state index contributed by atoms with van der Waals surface area (Å²) in [6.07, 6.45) is 5.12. The van der Waals surface area contributed by atoms with Crippen LogP contribution in [0.2, 0.25) is 0 Å². The second-order valence-electron chi connectivity index (χ2n) is 7.50. The minimum absolute atomic E-state index is 0.213. The third-order valence-electron chi connectivity index (χ3n) is 5.73. The molecule has 1 aliphatic carbocycles. The summed E-state index contributed by atoms with van der Waals surface area (Å²) < 4.78 is 7.35. The number of ether oxygens (including phenoxy) is 1. The topological polar surface area (TPSA) is 61.2 Å². The summed E-state index contributed by atoms with van der Waals surface area (Å²) in [4.78, 5) is 24.2. The SMILES string of the molecule is Cc1c(C(=O)OCc2ccccc2)cnn1[C@H]1CC[C@](C)(C(C)=O)CC1. The summed E-state index contributed by atoms with van der Waals surface area (Å²) in [7, 11) is 0. The van der Waals surface area contributed by atoms with Gasteiger partial charge in [0.15, 0.2) is 0 Å². The van der Waals surface area contributed by atoms with Crippen molar-refractivity contribution in [2.75, 3.05) is 0 Å². The van der Waals surface area contributed by atoms with Crippen LogP contribution in [-0.4, -0.2) is 21.5 Å². The Morgan fingerprint density at radius 3 is 2.50 bits per heavy atom. The number of Topliss-reactive ketones (excluding diaryl/α,β-unsaturated/α-hetero) is 1. The summed E-state index contributed by atoms with van der Waals surface area (Å²) in [6.45, 7) is 5.89. The van der Waals surface area contributed by atoms with Crippen LogP contribution in [0, 0.1) is 12.3 Å². The Morgan fingerprint density at radius 1 is 1.23 bits per heavy atom. The minimum atomic E-state index is -0.345. The Kier molecular flexibility index (Phi) is 5.25. The number of benzene rings is 1. The number of nitrogens with zero attached hydrogens (tertiary/aromatic N) is 2. The van der Waals surface area contributed by atoms with Crippen molar-refractivity contribution in [2.24, 2.45) is 5.41 Å². The maximum atomic E-state index is 12.4. The second-order valence-corrected chi connectivity index (χ2v) is 7.50. The maximum absolute atomic E-state index is 12.4. The van der Waals surface area contributed by atoms with Crippen molar-refractivity contribution in [1.29, 1.82) is 0 Å². The van der Waals surface area contributed by atoms with Gasteiger partial charge in [-0.1, -0.05) is 37.3 Å². The average Bonchev–Trinajstić information content (AvgIpc) is 3.03. The van der Waals surface area contributed by atoms with Crippen LogP contribution in [0.25, 0.3) is 0 Å². The third-order valence-corrected chi connectivity index (χ3v) is 5.73. The van der Waals surface area contributed by atoms with E-state index in [0.29, 0.717) is 5.56 Å². The largest absolute Gasteiger partial charge is 0.457 e. The van der Waals surface area contributed by atoms with Gasteiger partial charge in [0, 0.05) is 5.41 Å². The molecule has 1 aromatic carbocycles. The molecule has 1 saturated carbocycles. The summed E-state index contributed by atoms with van der Waals surface area (Å²) >= 11 is 0. The van der Waals surface area contributed by atoms with Gasteiger partial charge in [0.05, 0.1) is 17.9 Å². The first-order valence-corrected chi connectivity index (χ1v) is 9.17. The van der Waals surface area contributed by atoms with Gasteiger partial charge >= 0.3 is 5.97 Å². The van der Waals surface area contributed by atoms with Crippen LogP contribution in [0.1, 0.15) is 67.2 Å². The molecule has 1 aromatic heterocycles. The molecule has 0 bridgehead atoms. The molecule has 0 unspecified atom stereocenters. The van der Waals surface area contributed by atoms with Crippen LogP contribution in [0.3, 0.4) is 0 Å². The molecule has 5 heteroatoms. The highest BCUT2D eigenvalue weighted by molar-refractivity contribution is 5.90. The summed E-state index contributed by atoms with van der Waals surface area (Å²) in [5.41, 5.74) is 2.09. The van der Waals surface area contributed by atoms with Crippen LogP contribution < -0.4 is 0 Å². The molecule has 0 saturated heterocycles. The van der Waals surface area contributed by atoms with E-state index in [-0.39, 0.29) is 29.8 Å². The minimum Gasteiger partial charge on any atom is -0.457 e. The van der Waals surface area contributed by atoms with Gasteiger partial charge in [-0.25, -0.2) is 4.79 Å². The fourth-order valence-corrected chi connectivity index (χ4v) is 3.63. The van der Waals surface area contributed by atoms with Gasteiger partial charge in [-0.05, 0) is 45.1 Å². The Bertz CT molecular complexity index is 787. The van der Waals surface area contributed by atoms with Gasteiger partial charge in [-0.2, -0.15) is 5.10 Å². The standard InChI is InChI=1S/C21H26N2O3/c1-15-19(20(25)26-14-17-7-5-4-6-8-17)13-22-23(15)18-9-11-21(3,12-10-18)16(2)24/h4-8,13,18H,9-12,14H2,1-3H3/t18-,21-. The molecule has 0 amide bonds. The van der Waals surface area contributed by atoms with Gasteiger partial charge in [0.1, 0.15) is 18.0 Å². The van der Waals surface area contributed by atoms with Crippen molar-refractivity contribution in [3.05, 3.63) is 53.3 Å². The highest BCUT2D eigenvalue weighted by Gasteiger charge is 2.36. The molecule has 0 spiro atoms. The fraction of sp³-hybridized carbons (Fsp3) is 0.476. The van der Waals surface area contributed by atoms with Crippen molar-refractivity contribution in [3.63, 3.8) is 0 Å². The highest BCUT2D eigenvalue weighted by atomic mass is 16.5. The molecule has 0 aliphatic heterocycles. The molecular weight excluding hydrogens is 328 g/mol. The van der Waals surface area contributed by atoms with Crippen LogP contribution in [0.5, 0.6) is 0 Å². The Hall–Kier alpha value is -2.43. The smallest absolute Gasteiger partial charge is 0.341 e. The normalized spacial score (nSPS) is 22.8. The predicted molar refractivity (Wildman–Crippen MR) is 98.8 cm³/mol. The zero-order valence-electron chi connectivity index (χ0n) is 15.7. The number of rotatable bonds is 5. The van der Waals surface area contributed by atoms with E-state index in [1.807, 2.05) is 48.9 Å². The van der Waals surface area contributed by atoms with Crippen molar-refractivity contribution >= 4 is 11.8 Å². The summed E-state index contributed by atoms with van der Waals surface area (Å²) in [5, 5.41) is 4.44. The van der Waals surface area contributed by atoms with E-state index in [4.69, 9.17) is 4.74 Å². The van der Waals surface area contributed by atoms with E-state index in [2.05, 4.69) is 5.10 Å². The summed E-state index contributed by atoms with van der Waals surface area (Å²) in [5.74, 6) is -0.0831. The molecular formula is C21H26N2O3. The quantitative estimate of drug-likeness (QED) is 0.753. The maximum Gasteiger partial charge on any atom is 0.341 e. The van der Waals surface area contributed by atoms with Crippen LogP contribution in [-0.2, 0) is 16.1 Å². The lowest BCUT2D eigenvalue weighted by molar-refractivity contribution is -0.127. The van der Waals surface area contributed by atoms with Crippen LogP contribution in [0.4, 0.5) is 0 Å². The number of hydrogen-bond donors (Lipinski definition) is 0. The number of aromatic nitrogens is 2. The first-order valence-electron chi connectivity index (χ1n) is 9.17. The third kappa shape index (κ3) is 3.71. The molecule has 1 fully saturated rings. The average molecular weight is 354 g/mol. The van der Waals surface area contributed by atoms with Gasteiger partial charge in [-0.3, -0.25) is 9.48 Å². The van der Waals surface area contributed by atoms with E-state index >= 15 is 0 Å².